The number of nitrogens with zero attached hydrogens (tertiary/aromatic N) is 1. The van der Waals surface area contributed by atoms with E-state index in [0.717, 1.165) is 16.8 Å². The van der Waals surface area contributed by atoms with Crippen molar-refractivity contribution in [2.24, 2.45) is 11.7 Å². The van der Waals surface area contributed by atoms with Crippen LogP contribution in [0.4, 0.5) is 5.13 Å². The first-order valence-corrected chi connectivity index (χ1v) is 7.93. The Morgan fingerprint density at radius 1 is 1.36 bits per heavy atom. The molecular weight excluding hydrogens is 318 g/mol. The molecule has 22 heavy (non-hydrogen) atoms. The number of rotatable bonds is 5. The van der Waals surface area contributed by atoms with Crippen molar-refractivity contribution in [3.8, 4) is 11.3 Å². The van der Waals surface area contributed by atoms with Crippen molar-refractivity contribution in [2.45, 2.75) is 33.2 Å². The summed E-state index contributed by atoms with van der Waals surface area (Å²) >= 11 is 1.42. The Labute approximate surface area is 141 Å². The van der Waals surface area contributed by atoms with Gasteiger partial charge in [0.1, 0.15) is 0 Å². The van der Waals surface area contributed by atoms with Gasteiger partial charge in [0.25, 0.3) is 0 Å². The van der Waals surface area contributed by atoms with E-state index in [2.05, 4.69) is 10.3 Å². The lowest BCUT2D eigenvalue weighted by Crippen LogP contribution is -2.36. The molecule has 1 amide bonds. The summed E-state index contributed by atoms with van der Waals surface area (Å²) in [5.41, 5.74) is 9.00. The monoisotopic (exact) mass is 339 g/mol. The highest BCUT2D eigenvalue weighted by molar-refractivity contribution is 7.14. The van der Waals surface area contributed by atoms with E-state index < -0.39 is 6.04 Å². The molecule has 0 fully saturated rings. The number of carbonyl (C=O) groups excluding carboxylic acids is 1. The Morgan fingerprint density at radius 3 is 2.68 bits per heavy atom. The van der Waals surface area contributed by atoms with Crippen molar-refractivity contribution in [1.82, 2.24) is 4.98 Å². The third-order valence-electron chi connectivity index (χ3n) is 3.22. The predicted molar refractivity (Wildman–Crippen MR) is 95.6 cm³/mol. The predicted octanol–water partition coefficient (Wildman–Crippen LogP) is 3.85. The molecular formula is C16H22ClN3OS. The van der Waals surface area contributed by atoms with Crippen LogP contribution in [0.5, 0.6) is 0 Å². The van der Waals surface area contributed by atoms with Crippen molar-refractivity contribution in [3.63, 3.8) is 0 Å². The SMILES string of the molecule is Cc1ccccc1-c1csc(NC(=O)[C@@H](N)CC(C)C)n1.Cl. The van der Waals surface area contributed by atoms with Crippen LogP contribution in [0.15, 0.2) is 29.6 Å². The molecule has 0 aliphatic carbocycles. The van der Waals surface area contributed by atoms with E-state index in [4.69, 9.17) is 5.73 Å². The third-order valence-corrected chi connectivity index (χ3v) is 3.98. The molecule has 0 unspecified atom stereocenters. The first kappa shape index (κ1) is 18.6. The lowest BCUT2D eigenvalue weighted by molar-refractivity contribution is -0.117. The Balaban J connectivity index is 0.00000242. The van der Waals surface area contributed by atoms with Crippen molar-refractivity contribution in [1.29, 1.82) is 0 Å². The highest BCUT2D eigenvalue weighted by Crippen LogP contribution is 2.27. The fourth-order valence-corrected chi connectivity index (χ4v) is 2.84. The molecule has 0 saturated heterocycles. The van der Waals surface area contributed by atoms with Crippen LogP contribution in [0.1, 0.15) is 25.8 Å². The summed E-state index contributed by atoms with van der Waals surface area (Å²) in [4.78, 5) is 16.5. The number of amides is 1. The van der Waals surface area contributed by atoms with E-state index >= 15 is 0 Å². The maximum atomic E-state index is 12.0. The normalized spacial score (nSPS) is 11.9. The van der Waals surface area contributed by atoms with Gasteiger partial charge in [-0.15, -0.1) is 23.7 Å². The molecule has 0 bridgehead atoms. The lowest BCUT2D eigenvalue weighted by atomic mass is 10.0. The number of anilines is 1. The zero-order chi connectivity index (χ0) is 15.4. The topological polar surface area (TPSA) is 68.0 Å². The van der Waals surface area contributed by atoms with Gasteiger partial charge in [0, 0.05) is 10.9 Å². The summed E-state index contributed by atoms with van der Waals surface area (Å²) in [7, 11) is 0. The van der Waals surface area contributed by atoms with Gasteiger partial charge in [0.2, 0.25) is 5.91 Å². The molecule has 0 saturated carbocycles. The minimum Gasteiger partial charge on any atom is -0.320 e. The minimum atomic E-state index is -0.490. The van der Waals surface area contributed by atoms with Gasteiger partial charge in [-0.2, -0.15) is 0 Å². The van der Waals surface area contributed by atoms with Crippen LogP contribution in [0.25, 0.3) is 11.3 Å². The molecule has 0 radical (unpaired) electrons. The fraction of sp³-hybridized carbons (Fsp3) is 0.375. The van der Waals surface area contributed by atoms with Gasteiger partial charge in [-0.1, -0.05) is 38.1 Å². The Morgan fingerprint density at radius 2 is 2.05 bits per heavy atom. The highest BCUT2D eigenvalue weighted by atomic mass is 35.5. The number of thiazole rings is 1. The second-order valence-electron chi connectivity index (χ2n) is 5.58. The van der Waals surface area contributed by atoms with Crippen molar-refractivity contribution >= 4 is 34.8 Å². The number of aryl methyl sites for hydroxylation is 1. The molecule has 2 rings (SSSR count). The molecule has 1 heterocycles. The average Bonchev–Trinajstić information content (AvgIpc) is 2.86. The van der Waals surface area contributed by atoms with Crippen LogP contribution in [-0.4, -0.2) is 16.9 Å². The van der Waals surface area contributed by atoms with E-state index in [-0.39, 0.29) is 18.3 Å². The number of nitrogens with two attached hydrogens (primary N) is 1. The molecule has 4 nitrogen and oxygen atoms in total. The number of benzene rings is 1. The molecule has 1 aromatic heterocycles. The molecule has 3 N–H and O–H groups in total. The average molecular weight is 340 g/mol. The lowest BCUT2D eigenvalue weighted by Gasteiger charge is -2.12. The Kier molecular flexibility index (Phi) is 7.00. The molecule has 1 aromatic carbocycles. The van der Waals surface area contributed by atoms with Gasteiger partial charge in [-0.25, -0.2) is 4.98 Å². The Hall–Kier alpha value is -1.43. The smallest absolute Gasteiger partial charge is 0.243 e. The second-order valence-corrected chi connectivity index (χ2v) is 6.44. The van der Waals surface area contributed by atoms with E-state index in [9.17, 15) is 4.79 Å². The van der Waals surface area contributed by atoms with Gasteiger partial charge >= 0.3 is 0 Å². The summed E-state index contributed by atoms with van der Waals surface area (Å²) < 4.78 is 0. The maximum absolute atomic E-state index is 12.0. The van der Waals surface area contributed by atoms with Gasteiger partial charge in [0.05, 0.1) is 11.7 Å². The zero-order valence-electron chi connectivity index (χ0n) is 13.0. The van der Waals surface area contributed by atoms with Gasteiger partial charge < -0.3 is 11.1 Å². The van der Waals surface area contributed by atoms with E-state index in [1.807, 2.05) is 50.4 Å². The van der Waals surface area contributed by atoms with Crippen LogP contribution in [0.2, 0.25) is 0 Å². The molecule has 120 valence electrons. The summed E-state index contributed by atoms with van der Waals surface area (Å²) in [6.07, 6.45) is 0.669. The van der Waals surface area contributed by atoms with Gasteiger partial charge in [-0.3, -0.25) is 4.79 Å². The van der Waals surface area contributed by atoms with E-state index in [0.29, 0.717) is 17.5 Å². The molecule has 6 heteroatoms. The van der Waals surface area contributed by atoms with Crippen LogP contribution in [0.3, 0.4) is 0 Å². The van der Waals surface area contributed by atoms with E-state index in [1.165, 1.54) is 11.3 Å². The number of hydrogen-bond acceptors (Lipinski definition) is 4. The van der Waals surface area contributed by atoms with E-state index in [1.54, 1.807) is 0 Å². The Bertz CT molecular complexity index is 627. The largest absolute Gasteiger partial charge is 0.320 e. The second kappa shape index (κ2) is 8.27. The standard InChI is InChI=1S/C16H21N3OS.ClH/c1-10(2)8-13(17)15(20)19-16-18-14(9-21-16)12-7-5-4-6-11(12)3;/h4-7,9-10,13H,8,17H2,1-3H3,(H,18,19,20);1H/t13-;/m0./s1. The van der Waals surface area contributed by atoms with Gasteiger partial charge in [-0.05, 0) is 24.8 Å². The fourth-order valence-electron chi connectivity index (χ4n) is 2.13. The molecule has 1 atom stereocenters. The van der Waals surface area contributed by atoms with Crippen molar-refractivity contribution < 1.29 is 4.79 Å². The number of carbonyl (C=O) groups is 1. The number of nitrogens with one attached hydrogen (secondary N) is 1. The molecule has 2 aromatic rings. The zero-order valence-corrected chi connectivity index (χ0v) is 14.6. The molecule has 0 spiro atoms. The molecule has 0 aliphatic rings. The first-order chi connectivity index (χ1) is 9.97. The minimum absolute atomic E-state index is 0. The van der Waals surface area contributed by atoms with Crippen molar-refractivity contribution in [3.05, 3.63) is 35.2 Å². The number of aromatic nitrogens is 1. The third kappa shape index (κ3) is 4.80. The van der Waals surface area contributed by atoms with Crippen LogP contribution >= 0.6 is 23.7 Å². The van der Waals surface area contributed by atoms with Crippen LogP contribution in [-0.2, 0) is 4.79 Å². The van der Waals surface area contributed by atoms with Gasteiger partial charge in [0.15, 0.2) is 5.13 Å². The van der Waals surface area contributed by atoms with Crippen molar-refractivity contribution in [2.75, 3.05) is 5.32 Å². The number of halogens is 1. The maximum Gasteiger partial charge on any atom is 0.243 e. The molecule has 0 aliphatic heterocycles. The summed E-state index contributed by atoms with van der Waals surface area (Å²) in [6.45, 7) is 6.14. The number of hydrogen-bond donors (Lipinski definition) is 2. The quantitative estimate of drug-likeness (QED) is 0.869. The van der Waals surface area contributed by atoms with Crippen LogP contribution in [0, 0.1) is 12.8 Å². The summed E-state index contributed by atoms with van der Waals surface area (Å²) in [6, 6.07) is 7.57. The summed E-state index contributed by atoms with van der Waals surface area (Å²) in [5.74, 6) is 0.221. The first-order valence-electron chi connectivity index (χ1n) is 7.05. The highest BCUT2D eigenvalue weighted by Gasteiger charge is 2.16. The summed E-state index contributed by atoms with van der Waals surface area (Å²) in [5, 5.41) is 5.35. The van der Waals surface area contributed by atoms with Crippen LogP contribution < -0.4 is 11.1 Å².